The van der Waals surface area contributed by atoms with Gasteiger partial charge >= 0.3 is 0 Å². The van der Waals surface area contributed by atoms with E-state index < -0.39 is 0 Å². The second-order valence-corrected chi connectivity index (χ2v) is 9.88. The van der Waals surface area contributed by atoms with Crippen LogP contribution in [0, 0.1) is 0 Å². The molecule has 198 valence electrons. The molecule has 1 N–H and O–H groups in total. The number of nitrogens with zero attached hydrogens (tertiary/aromatic N) is 5. The minimum absolute atomic E-state index is 0.0601. The molecule has 0 saturated heterocycles. The maximum absolute atomic E-state index is 4.39. The maximum atomic E-state index is 4.39. The van der Waals surface area contributed by atoms with Crippen molar-refractivity contribution in [2.45, 2.75) is 92.2 Å². The summed E-state index contributed by atoms with van der Waals surface area (Å²) in [6, 6.07) is 13.0. The standard InChI is InChI=1S/C14H17N3.C9H15N3.C5H10.C2H6/c1-14(2)10-12(11-6-4-3-5-7-11)16-13-8-9-15-17(13)14;1-7(2)9(3,4)8-10-6-12(5)11-8;1-3-5-4-2;1-2/h3-9,12,16H,10H2,1-2H3;6H,1H2,2-5H3;3,5H,4H2,1-2H3;1-2H3/b;;5-3-;. The molecule has 0 radical (unpaired) electrons. The Morgan fingerprint density at radius 1 is 1.19 bits per heavy atom. The Morgan fingerprint density at radius 3 is 2.31 bits per heavy atom. The molecule has 6 heteroatoms. The van der Waals surface area contributed by atoms with Crippen LogP contribution in [0.3, 0.4) is 0 Å². The van der Waals surface area contributed by atoms with Gasteiger partial charge in [0.05, 0.1) is 17.8 Å². The molecule has 4 rings (SSSR count). The lowest BCUT2D eigenvalue weighted by molar-refractivity contribution is 0.263. The first-order chi connectivity index (χ1) is 17.0. The SMILES string of the molecule is C/C=C\CC.C=C(C)C(C)(C)c1ncn(C)n1.CC.CC1(C)CC(c2ccccc2)Nc2ccnn21. The van der Waals surface area contributed by atoms with E-state index in [1.807, 2.05) is 47.0 Å². The Labute approximate surface area is 219 Å². The van der Waals surface area contributed by atoms with Gasteiger partial charge in [-0.25, -0.2) is 9.67 Å². The van der Waals surface area contributed by atoms with Crippen molar-refractivity contribution < 1.29 is 0 Å². The average Bonchev–Trinajstić information content (AvgIpc) is 3.52. The third-order valence-electron chi connectivity index (χ3n) is 6.14. The smallest absolute Gasteiger partial charge is 0.160 e. The number of fused-ring (bicyclic) bond motifs is 1. The van der Waals surface area contributed by atoms with E-state index >= 15 is 0 Å². The first kappa shape index (κ1) is 30.9. The van der Waals surface area contributed by atoms with Gasteiger partial charge < -0.3 is 5.32 Å². The second kappa shape index (κ2) is 14.4. The van der Waals surface area contributed by atoms with Gasteiger partial charge in [0.25, 0.3) is 0 Å². The van der Waals surface area contributed by atoms with Crippen LogP contribution >= 0.6 is 0 Å². The highest BCUT2D eigenvalue weighted by molar-refractivity contribution is 5.42. The van der Waals surface area contributed by atoms with Crippen molar-refractivity contribution in [3.63, 3.8) is 0 Å². The minimum atomic E-state index is -0.124. The highest BCUT2D eigenvalue weighted by Gasteiger charge is 2.33. The van der Waals surface area contributed by atoms with E-state index in [4.69, 9.17) is 0 Å². The molecule has 0 saturated carbocycles. The Kier molecular flexibility index (Phi) is 12.4. The lowest BCUT2D eigenvalue weighted by atomic mass is 9.85. The minimum Gasteiger partial charge on any atom is -0.363 e. The summed E-state index contributed by atoms with van der Waals surface area (Å²) in [5.74, 6) is 1.94. The summed E-state index contributed by atoms with van der Waals surface area (Å²) in [6.45, 7) is 22.7. The number of anilines is 1. The van der Waals surface area contributed by atoms with Gasteiger partial charge in [0.1, 0.15) is 12.1 Å². The number of rotatable bonds is 4. The Bertz CT molecular complexity index is 1060. The molecule has 1 unspecified atom stereocenters. The van der Waals surface area contributed by atoms with Crippen molar-refractivity contribution in [2.75, 3.05) is 5.32 Å². The van der Waals surface area contributed by atoms with Gasteiger partial charge in [-0.05, 0) is 59.9 Å². The Balaban J connectivity index is 0.000000299. The van der Waals surface area contributed by atoms with Gasteiger partial charge in [0.2, 0.25) is 0 Å². The number of aromatic nitrogens is 5. The molecule has 0 amide bonds. The van der Waals surface area contributed by atoms with Gasteiger partial charge in [-0.1, -0.05) is 75.4 Å². The Morgan fingerprint density at radius 2 is 1.83 bits per heavy atom. The normalized spacial score (nSPS) is 15.7. The molecule has 1 atom stereocenters. The fourth-order valence-electron chi connectivity index (χ4n) is 3.65. The molecular formula is C30H48N6. The van der Waals surface area contributed by atoms with Gasteiger partial charge in [-0.15, -0.1) is 0 Å². The summed E-state index contributed by atoms with van der Waals surface area (Å²) in [5.41, 5.74) is 2.35. The molecule has 1 aromatic carbocycles. The maximum Gasteiger partial charge on any atom is 0.160 e. The molecular weight excluding hydrogens is 444 g/mol. The van der Waals surface area contributed by atoms with Crippen LogP contribution in [0.1, 0.15) is 92.6 Å². The molecule has 0 spiro atoms. The van der Waals surface area contributed by atoms with Crippen molar-refractivity contribution in [1.82, 2.24) is 24.5 Å². The number of nitrogens with one attached hydrogen (secondary N) is 1. The molecule has 2 aromatic heterocycles. The first-order valence-corrected chi connectivity index (χ1v) is 13.0. The van der Waals surface area contributed by atoms with E-state index in [0.717, 1.165) is 30.1 Å². The highest BCUT2D eigenvalue weighted by Crippen LogP contribution is 2.37. The van der Waals surface area contributed by atoms with Crippen LogP contribution in [0.4, 0.5) is 5.82 Å². The van der Waals surface area contributed by atoms with Crippen molar-refractivity contribution in [2.24, 2.45) is 7.05 Å². The number of aryl methyl sites for hydroxylation is 1. The van der Waals surface area contributed by atoms with E-state index in [9.17, 15) is 0 Å². The number of benzene rings is 1. The molecule has 3 aromatic rings. The van der Waals surface area contributed by atoms with E-state index in [1.54, 1.807) is 11.0 Å². The van der Waals surface area contributed by atoms with Crippen LogP contribution < -0.4 is 5.32 Å². The third-order valence-corrected chi connectivity index (χ3v) is 6.14. The molecule has 36 heavy (non-hydrogen) atoms. The van der Waals surface area contributed by atoms with E-state index in [1.165, 1.54) is 5.56 Å². The quantitative estimate of drug-likeness (QED) is 0.377. The molecule has 3 heterocycles. The van der Waals surface area contributed by atoms with Crippen molar-refractivity contribution in [1.29, 1.82) is 0 Å². The number of hydrogen-bond donors (Lipinski definition) is 1. The summed E-state index contributed by atoms with van der Waals surface area (Å²) < 4.78 is 3.78. The zero-order valence-electron chi connectivity index (χ0n) is 24.2. The fourth-order valence-corrected chi connectivity index (χ4v) is 3.65. The van der Waals surface area contributed by atoms with Crippen molar-refractivity contribution >= 4 is 5.82 Å². The van der Waals surface area contributed by atoms with Crippen LogP contribution in [0.2, 0.25) is 0 Å². The van der Waals surface area contributed by atoms with Gasteiger partial charge in [-0.2, -0.15) is 10.2 Å². The zero-order valence-corrected chi connectivity index (χ0v) is 24.2. The molecule has 1 aliphatic heterocycles. The predicted molar refractivity (Wildman–Crippen MR) is 154 cm³/mol. The van der Waals surface area contributed by atoms with E-state index in [0.29, 0.717) is 6.04 Å². The monoisotopic (exact) mass is 492 g/mol. The van der Waals surface area contributed by atoms with Crippen LogP contribution in [0.5, 0.6) is 0 Å². The summed E-state index contributed by atoms with van der Waals surface area (Å²) >= 11 is 0. The largest absolute Gasteiger partial charge is 0.363 e. The summed E-state index contributed by atoms with van der Waals surface area (Å²) in [7, 11) is 1.87. The van der Waals surface area contributed by atoms with E-state index in [-0.39, 0.29) is 11.0 Å². The lowest BCUT2D eigenvalue weighted by Crippen LogP contribution is -2.37. The lowest BCUT2D eigenvalue weighted by Gasteiger charge is -2.38. The predicted octanol–water partition coefficient (Wildman–Crippen LogP) is 7.84. The summed E-state index contributed by atoms with van der Waals surface area (Å²) in [6.07, 6.45) is 9.96. The molecule has 6 nitrogen and oxygen atoms in total. The number of allylic oxidation sites excluding steroid dienone is 3. The molecule has 0 bridgehead atoms. The first-order valence-electron chi connectivity index (χ1n) is 13.0. The second-order valence-electron chi connectivity index (χ2n) is 9.88. The van der Waals surface area contributed by atoms with Crippen LogP contribution in [-0.4, -0.2) is 24.5 Å². The van der Waals surface area contributed by atoms with Crippen molar-refractivity contribution in [3.05, 3.63) is 84.6 Å². The molecule has 1 aliphatic rings. The van der Waals surface area contributed by atoms with Crippen molar-refractivity contribution in [3.8, 4) is 0 Å². The number of hydrogen-bond acceptors (Lipinski definition) is 4. The zero-order chi connectivity index (χ0) is 27.4. The summed E-state index contributed by atoms with van der Waals surface area (Å²) in [5, 5.41) is 12.2. The summed E-state index contributed by atoms with van der Waals surface area (Å²) in [4.78, 5) is 4.20. The third kappa shape index (κ3) is 8.51. The van der Waals surface area contributed by atoms with Crippen LogP contribution in [-0.2, 0) is 18.0 Å². The molecule has 0 aliphatic carbocycles. The highest BCUT2D eigenvalue weighted by atomic mass is 15.4. The van der Waals surface area contributed by atoms with Gasteiger partial charge in [-0.3, -0.25) is 4.68 Å². The molecule has 0 fully saturated rings. The van der Waals surface area contributed by atoms with Gasteiger partial charge in [0, 0.05) is 18.5 Å². The van der Waals surface area contributed by atoms with Crippen LogP contribution in [0.25, 0.3) is 0 Å². The van der Waals surface area contributed by atoms with E-state index in [2.05, 4.69) is 109 Å². The Hall–Kier alpha value is -3.15. The topological polar surface area (TPSA) is 60.6 Å². The van der Waals surface area contributed by atoms with Gasteiger partial charge in [0.15, 0.2) is 5.82 Å². The fraction of sp³-hybridized carbons (Fsp3) is 0.500. The van der Waals surface area contributed by atoms with Crippen LogP contribution in [0.15, 0.2) is 73.2 Å². The average molecular weight is 493 g/mol.